The van der Waals surface area contributed by atoms with Crippen LogP contribution in [-0.2, 0) is 11.2 Å². The zero-order valence-corrected chi connectivity index (χ0v) is 18.0. The summed E-state index contributed by atoms with van der Waals surface area (Å²) < 4.78 is 11.0. The fraction of sp³-hybridized carbons (Fsp3) is 0.400. The lowest BCUT2D eigenvalue weighted by atomic mass is 10.0. The largest absolute Gasteiger partial charge is 0.497 e. The number of benzene rings is 2. The minimum atomic E-state index is 0.0219. The normalized spacial score (nSPS) is 15.4. The van der Waals surface area contributed by atoms with Gasteiger partial charge in [-0.15, -0.1) is 0 Å². The Morgan fingerprint density at radius 1 is 1.13 bits per heavy atom. The molecule has 158 valence electrons. The molecule has 0 aliphatic carbocycles. The van der Waals surface area contributed by atoms with E-state index < -0.39 is 0 Å². The fourth-order valence-electron chi connectivity index (χ4n) is 4.26. The molecule has 1 N–H and O–H groups in total. The van der Waals surface area contributed by atoms with Gasteiger partial charge < -0.3 is 14.5 Å². The molecule has 5 heteroatoms. The van der Waals surface area contributed by atoms with Crippen LogP contribution in [0.3, 0.4) is 0 Å². The molecule has 4 rings (SSSR count). The first-order chi connectivity index (χ1) is 14.5. The zero-order valence-electron chi connectivity index (χ0n) is 18.0. The Hall–Kier alpha value is -2.79. The molecule has 0 saturated carbocycles. The number of carbonyl (C=O) groups is 1. The summed E-state index contributed by atoms with van der Waals surface area (Å²) in [6, 6.07) is 12.5. The third-order valence-corrected chi connectivity index (χ3v) is 6.20. The Morgan fingerprint density at radius 2 is 1.83 bits per heavy atom. The van der Waals surface area contributed by atoms with Crippen molar-refractivity contribution in [3.63, 3.8) is 0 Å². The molecule has 5 nitrogen and oxygen atoms in total. The summed E-state index contributed by atoms with van der Waals surface area (Å²) in [6.07, 6.45) is 4.45. The van der Waals surface area contributed by atoms with E-state index in [1.807, 2.05) is 18.2 Å². The first-order valence-corrected chi connectivity index (χ1v) is 10.7. The smallest absolute Gasteiger partial charge is 0.224 e. The van der Waals surface area contributed by atoms with Crippen LogP contribution in [0.25, 0.3) is 11.0 Å². The summed E-state index contributed by atoms with van der Waals surface area (Å²) in [6.45, 7) is 6.89. The van der Waals surface area contributed by atoms with Gasteiger partial charge in [0.1, 0.15) is 11.3 Å². The number of furan rings is 1. The molecule has 3 aromatic rings. The monoisotopic (exact) mass is 406 g/mol. The van der Waals surface area contributed by atoms with Crippen LogP contribution in [0.5, 0.6) is 5.75 Å². The molecule has 0 bridgehead atoms. The number of hydrogen-bond donors (Lipinski definition) is 1. The summed E-state index contributed by atoms with van der Waals surface area (Å²) in [5.74, 6) is 0.869. The lowest BCUT2D eigenvalue weighted by molar-refractivity contribution is -0.120. The lowest BCUT2D eigenvalue weighted by Gasteiger charge is -2.28. The van der Waals surface area contributed by atoms with Crippen LogP contribution in [-0.4, -0.2) is 37.6 Å². The molecule has 1 fully saturated rings. The average molecular weight is 407 g/mol. The molecule has 1 aliphatic heterocycles. The molecule has 1 atom stereocenters. The van der Waals surface area contributed by atoms with Crippen LogP contribution >= 0.6 is 0 Å². The lowest BCUT2D eigenvalue weighted by Crippen LogP contribution is -2.37. The molecule has 0 spiro atoms. The number of rotatable bonds is 7. The van der Waals surface area contributed by atoms with E-state index in [0.29, 0.717) is 13.0 Å². The molecule has 0 radical (unpaired) electrons. The van der Waals surface area contributed by atoms with Crippen LogP contribution < -0.4 is 10.1 Å². The Morgan fingerprint density at radius 3 is 2.53 bits per heavy atom. The minimum absolute atomic E-state index is 0.0219. The third kappa shape index (κ3) is 4.36. The van der Waals surface area contributed by atoms with Crippen LogP contribution in [0.2, 0.25) is 0 Å². The van der Waals surface area contributed by atoms with Gasteiger partial charge in [0.05, 0.1) is 25.8 Å². The zero-order chi connectivity index (χ0) is 21.1. The number of carbonyl (C=O) groups excluding carboxylic acids is 1. The summed E-state index contributed by atoms with van der Waals surface area (Å²) in [7, 11) is 1.68. The van der Waals surface area contributed by atoms with E-state index in [4.69, 9.17) is 9.15 Å². The number of methoxy groups -OCH3 is 1. The predicted molar refractivity (Wildman–Crippen MR) is 119 cm³/mol. The first kappa shape index (κ1) is 20.5. The van der Waals surface area contributed by atoms with Crippen molar-refractivity contribution in [3.8, 4) is 5.75 Å². The Bertz CT molecular complexity index is 1020. The number of hydrogen-bond acceptors (Lipinski definition) is 4. The summed E-state index contributed by atoms with van der Waals surface area (Å²) in [5, 5.41) is 4.19. The second-order valence-corrected chi connectivity index (χ2v) is 8.21. The van der Waals surface area contributed by atoms with Gasteiger partial charge in [-0.3, -0.25) is 9.69 Å². The number of aryl methyl sites for hydroxylation is 2. The molecule has 1 aliphatic rings. The van der Waals surface area contributed by atoms with E-state index >= 15 is 0 Å². The Balaban J connectivity index is 1.45. The van der Waals surface area contributed by atoms with Crippen molar-refractivity contribution in [2.24, 2.45) is 0 Å². The number of likely N-dealkylation sites (tertiary alicyclic amines) is 1. The number of fused-ring (bicyclic) bond motifs is 1. The molecular formula is C25H30N2O3. The topological polar surface area (TPSA) is 54.7 Å². The average Bonchev–Trinajstić information content (AvgIpc) is 3.40. The molecule has 1 amide bonds. The van der Waals surface area contributed by atoms with Gasteiger partial charge in [-0.25, -0.2) is 0 Å². The first-order valence-electron chi connectivity index (χ1n) is 10.7. The maximum atomic E-state index is 12.8. The fourth-order valence-corrected chi connectivity index (χ4v) is 4.26. The van der Waals surface area contributed by atoms with Gasteiger partial charge in [0.2, 0.25) is 5.91 Å². The van der Waals surface area contributed by atoms with Crippen LogP contribution in [0.15, 0.2) is 47.1 Å². The Kier molecular flexibility index (Phi) is 6.09. The second kappa shape index (κ2) is 8.92. The number of nitrogens with one attached hydrogen (secondary N) is 1. The minimum Gasteiger partial charge on any atom is -0.497 e. The van der Waals surface area contributed by atoms with E-state index in [-0.39, 0.29) is 11.9 Å². The van der Waals surface area contributed by atoms with Crippen molar-refractivity contribution < 1.29 is 13.9 Å². The van der Waals surface area contributed by atoms with Crippen molar-refractivity contribution in [3.05, 3.63) is 64.9 Å². The molecular weight excluding hydrogens is 376 g/mol. The standard InChI is InChI=1S/C25H30N2O3/c1-17-12-22-20(16-30-24(22)13-18(17)2)14-25(28)26-15-23(27-10-4-5-11-27)19-6-8-21(29-3)9-7-19/h6-9,12-13,16,23H,4-5,10-11,14-15H2,1-3H3,(H,26,28). The number of nitrogens with zero attached hydrogens (tertiary/aromatic N) is 1. The summed E-state index contributed by atoms with van der Waals surface area (Å²) in [5.41, 5.74) is 5.39. The highest BCUT2D eigenvalue weighted by Crippen LogP contribution is 2.27. The van der Waals surface area contributed by atoms with Gasteiger partial charge in [-0.05, 0) is 80.7 Å². The molecule has 1 aromatic heterocycles. The van der Waals surface area contributed by atoms with Crippen molar-refractivity contribution in [1.82, 2.24) is 10.2 Å². The molecule has 2 heterocycles. The van der Waals surface area contributed by atoms with Gasteiger partial charge in [0, 0.05) is 17.5 Å². The van der Waals surface area contributed by atoms with Gasteiger partial charge in [0.25, 0.3) is 0 Å². The van der Waals surface area contributed by atoms with Crippen molar-refractivity contribution in [1.29, 1.82) is 0 Å². The van der Waals surface area contributed by atoms with E-state index in [9.17, 15) is 4.79 Å². The van der Waals surface area contributed by atoms with Crippen LogP contribution in [0.1, 0.15) is 41.1 Å². The van der Waals surface area contributed by atoms with Crippen molar-refractivity contribution >= 4 is 16.9 Å². The summed E-state index contributed by atoms with van der Waals surface area (Å²) >= 11 is 0. The van der Waals surface area contributed by atoms with Crippen LogP contribution in [0.4, 0.5) is 0 Å². The second-order valence-electron chi connectivity index (χ2n) is 8.21. The van der Waals surface area contributed by atoms with Gasteiger partial charge in [-0.1, -0.05) is 12.1 Å². The van der Waals surface area contributed by atoms with Gasteiger partial charge >= 0.3 is 0 Å². The highest BCUT2D eigenvalue weighted by atomic mass is 16.5. The maximum absolute atomic E-state index is 12.8. The quantitative estimate of drug-likeness (QED) is 0.625. The molecule has 30 heavy (non-hydrogen) atoms. The van der Waals surface area contributed by atoms with E-state index in [1.165, 1.54) is 29.5 Å². The van der Waals surface area contributed by atoms with Gasteiger partial charge in [-0.2, -0.15) is 0 Å². The third-order valence-electron chi connectivity index (χ3n) is 6.20. The molecule has 2 aromatic carbocycles. The molecule has 1 unspecified atom stereocenters. The van der Waals surface area contributed by atoms with Crippen molar-refractivity contribution in [2.75, 3.05) is 26.7 Å². The predicted octanol–water partition coefficient (Wildman–Crippen LogP) is 4.55. The van der Waals surface area contributed by atoms with Crippen LogP contribution in [0, 0.1) is 13.8 Å². The van der Waals surface area contributed by atoms with Crippen molar-refractivity contribution in [2.45, 2.75) is 39.2 Å². The molecule has 1 saturated heterocycles. The highest BCUT2D eigenvalue weighted by Gasteiger charge is 2.24. The Labute approximate surface area is 178 Å². The van der Waals surface area contributed by atoms with E-state index in [1.54, 1.807) is 13.4 Å². The number of ether oxygens (including phenoxy) is 1. The van der Waals surface area contributed by atoms with E-state index in [0.717, 1.165) is 35.4 Å². The summed E-state index contributed by atoms with van der Waals surface area (Å²) in [4.78, 5) is 15.2. The number of amides is 1. The maximum Gasteiger partial charge on any atom is 0.224 e. The highest BCUT2D eigenvalue weighted by molar-refractivity contribution is 5.88. The van der Waals surface area contributed by atoms with Gasteiger partial charge in [0.15, 0.2) is 0 Å². The SMILES string of the molecule is COc1ccc(C(CNC(=O)Cc2coc3cc(C)c(C)cc23)N2CCCC2)cc1. The van der Waals surface area contributed by atoms with E-state index in [2.05, 4.69) is 42.3 Å².